The van der Waals surface area contributed by atoms with Gasteiger partial charge in [-0.25, -0.2) is 0 Å². The number of anilines is 1. The first kappa shape index (κ1) is 14.7. The molecule has 0 fully saturated rings. The van der Waals surface area contributed by atoms with Crippen molar-refractivity contribution in [3.05, 3.63) is 52.4 Å². The Morgan fingerprint density at radius 2 is 1.95 bits per heavy atom. The summed E-state index contributed by atoms with van der Waals surface area (Å²) in [5, 5.41) is 3.31. The zero-order valence-electron chi connectivity index (χ0n) is 11.7. The number of carbonyl (C=O) groups excluding carboxylic acids is 1. The maximum Gasteiger partial charge on any atom is 0.255 e. The molecule has 20 heavy (non-hydrogen) atoms. The summed E-state index contributed by atoms with van der Waals surface area (Å²) in [5.41, 5.74) is 1.45. The molecule has 0 radical (unpaired) electrons. The van der Waals surface area contributed by atoms with Gasteiger partial charge in [-0.2, -0.15) is 0 Å². The number of halogens is 1. The second kappa shape index (κ2) is 6.13. The molecule has 4 nitrogen and oxygen atoms in total. The van der Waals surface area contributed by atoms with Crippen LogP contribution in [-0.2, 0) is 0 Å². The Morgan fingerprint density at radius 1 is 1.25 bits per heavy atom. The molecule has 1 amide bonds. The molecular weight excluding hydrogens is 320 g/mol. The monoisotopic (exact) mass is 336 g/mol. The van der Waals surface area contributed by atoms with E-state index < -0.39 is 0 Å². The van der Waals surface area contributed by atoms with E-state index in [0.717, 1.165) is 11.4 Å². The van der Waals surface area contributed by atoms with Gasteiger partial charge in [-0.15, -0.1) is 0 Å². The molecule has 1 heterocycles. The lowest BCUT2D eigenvalue weighted by Crippen LogP contribution is -2.23. The van der Waals surface area contributed by atoms with Crippen molar-refractivity contribution in [1.82, 2.24) is 4.90 Å². The molecule has 0 saturated heterocycles. The van der Waals surface area contributed by atoms with Crippen LogP contribution >= 0.6 is 15.9 Å². The number of para-hydroxylation sites is 1. The lowest BCUT2D eigenvalue weighted by molar-refractivity contribution is 0.0828. The predicted molar refractivity (Wildman–Crippen MR) is 82.9 cm³/mol. The maximum atomic E-state index is 12.1. The van der Waals surface area contributed by atoms with E-state index >= 15 is 0 Å². The summed E-state index contributed by atoms with van der Waals surface area (Å²) in [4.78, 5) is 13.7. The Morgan fingerprint density at radius 3 is 2.55 bits per heavy atom. The largest absolute Gasteiger partial charge is 0.452 e. The van der Waals surface area contributed by atoms with Crippen molar-refractivity contribution in [3.63, 3.8) is 0 Å². The fourth-order valence-electron chi connectivity index (χ4n) is 1.90. The van der Waals surface area contributed by atoms with Crippen molar-refractivity contribution >= 4 is 27.5 Å². The number of carbonyl (C=O) groups is 1. The number of benzene rings is 1. The maximum absolute atomic E-state index is 12.1. The number of hydrogen-bond donors (Lipinski definition) is 1. The summed E-state index contributed by atoms with van der Waals surface area (Å²) in [7, 11) is 3.48. The summed E-state index contributed by atoms with van der Waals surface area (Å²) in [6.45, 7) is 1.99. The molecule has 1 aromatic carbocycles. The normalized spacial score (nSPS) is 12.0. The number of furan rings is 1. The minimum atomic E-state index is -0.0302. The Labute approximate surface area is 126 Å². The van der Waals surface area contributed by atoms with Gasteiger partial charge >= 0.3 is 0 Å². The predicted octanol–water partition coefficient (Wildman–Crippen LogP) is 3.92. The third kappa shape index (κ3) is 3.22. The summed E-state index contributed by atoms with van der Waals surface area (Å²) in [6, 6.07) is 11.2. The van der Waals surface area contributed by atoms with E-state index in [9.17, 15) is 4.79 Å². The lowest BCUT2D eigenvalue weighted by Gasteiger charge is -2.18. The summed E-state index contributed by atoms with van der Waals surface area (Å²) >= 11 is 3.29. The average Bonchev–Trinajstić information content (AvgIpc) is 2.85. The second-order valence-electron chi connectivity index (χ2n) is 4.75. The standard InChI is InChI=1S/C15H17BrN2O2/c1-10(13-8-9-14(16)20-13)17-12-7-5-4-6-11(12)15(19)18(2)3/h4-10,17H,1-3H3. The van der Waals surface area contributed by atoms with Crippen LogP contribution in [-0.4, -0.2) is 24.9 Å². The van der Waals surface area contributed by atoms with E-state index in [1.165, 1.54) is 0 Å². The van der Waals surface area contributed by atoms with Gasteiger partial charge in [-0.1, -0.05) is 12.1 Å². The smallest absolute Gasteiger partial charge is 0.255 e. The van der Waals surface area contributed by atoms with Crippen LogP contribution in [0, 0.1) is 0 Å². The van der Waals surface area contributed by atoms with Crippen LogP contribution < -0.4 is 5.32 Å². The summed E-state index contributed by atoms with van der Waals surface area (Å²) in [5.74, 6) is 0.782. The number of rotatable bonds is 4. The first-order valence-corrected chi connectivity index (χ1v) is 7.11. The highest BCUT2D eigenvalue weighted by atomic mass is 79.9. The van der Waals surface area contributed by atoms with E-state index in [2.05, 4.69) is 21.2 Å². The van der Waals surface area contributed by atoms with E-state index in [0.29, 0.717) is 10.2 Å². The van der Waals surface area contributed by atoms with Crippen LogP contribution in [0.25, 0.3) is 0 Å². The van der Waals surface area contributed by atoms with Crippen LogP contribution in [0.4, 0.5) is 5.69 Å². The van der Waals surface area contributed by atoms with Gasteiger partial charge in [-0.3, -0.25) is 4.79 Å². The Hall–Kier alpha value is -1.75. The zero-order chi connectivity index (χ0) is 14.7. The molecule has 0 saturated carbocycles. The van der Waals surface area contributed by atoms with Crippen LogP contribution in [0.5, 0.6) is 0 Å². The number of nitrogens with zero attached hydrogens (tertiary/aromatic N) is 1. The second-order valence-corrected chi connectivity index (χ2v) is 5.53. The molecule has 2 rings (SSSR count). The summed E-state index contributed by atoms with van der Waals surface area (Å²) in [6.07, 6.45) is 0. The van der Waals surface area contributed by atoms with Crippen molar-refractivity contribution in [2.75, 3.05) is 19.4 Å². The Balaban J connectivity index is 2.23. The molecule has 5 heteroatoms. The highest BCUT2D eigenvalue weighted by molar-refractivity contribution is 9.10. The first-order valence-electron chi connectivity index (χ1n) is 6.31. The first-order chi connectivity index (χ1) is 9.49. The van der Waals surface area contributed by atoms with Gasteiger partial charge in [0.1, 0.15) is 5.76 Å². The van der Waals surface area contributed by atoms with Gasteiger partial charge in [0, 0.05) is 19.8 Å². The van der Waals surface area contributed by atoms with Gasteiger partial charge in [-0.05, 0) is 47.1 Å². The van der Waals surface area contributed by atoms with Gasteiger partial charge in [0.05, 0.1) is 11.6 Å². The minimum absolute atomic E-state index is 0.0269. The average molecular weight is 337 g/mol. The Kier molecular flexibility index (Phi) is 4.49. The van der Waals surface area contributed by atoms with Crippen molar-refractivity contribution < 1.29 is 9.21 Å². The molecule has 0 aliphatic heterocycles. The SMILES string of the molecule is CC(Nc1ccccc1C(=O)N(C)C)c1ccc(Br)o1. The molecular formula is C15H17BrN2O2. The van der Waals surface area contributed by atoms with Crippen molar-refractivity contribution in [3.8, 4) is 0 Å². The third-order valence-corrected chi connectivity index (χ3v) is 3.38. The van der Waals surface area contributed by atoms with E-state index in [1.54, 1.807) is 19.0 Å². The van der Waals surface area contributed by atoms with E-state index in [-0.39, 0.29) is 11.9 Å². The third-order valence-electron chi connectivity index (χ3n) is 2.96. The number of nitrogens with one attached hydrogen (secondary N) is 1. The summed E-state index contributed by atoms with van der Waals surface area (Å²) < 4.78 is 6.22. The molecule has 1 unspecified atom stereocenters. The molecule has 1 N–H and O–H groups in total. The molecule has 2 aromatic rings. The Bertz CT molecular complexity index is 607. The van der Waals surface area contributed by atoms with Gasteiger partial charge < -0.3 is 14.6 Å². The van der Waals surface area contributed by atoms with Crippen LogP contribution in [0.15, 0.2) is 45.5 Å². The molecule has 0 aliphatic rings. The molecule has 0 spiro atoms. The van der Waals surface area contributed by atoms with Crippen molar-refractivity contribution in [1.29, 1.82) is 0 Å². The van der Waals surface area contributed by atoms with E-state index in [1.807, 2.05) is 43.3 Å². The topological polar surface area (TPSA) is 45.5 Å². The zero-order valence-corrected chi connectivity index (χ0v) is 13.3. The molecule has 106 valence electrons. The van der Waals surface area contributed by atoms with E-state index in [4.69, 9.17) is 4.42 Å². The van der Waals surface area contributed by atoms with Crippen LogP contribution in [0.3, 0.4) is 0 Å². The van der Waals surface area contributed by atoms with Crippen LogP contribution in [0.2, 0.25) is 0 Å². The highest BCUT2D eigenvalue weighted by Gasteiger charge is 2.16. The number of amides is 1. The molecule has 0 aliphatic carbocycles. The molecule has 1 atom stereocenters. The minimum Gasteiger partial charge on any atom is -0.452 e. The fraction of sp³-hybridized carbons (Fsp3) is 0.267. The van der Waals surface area contributed by atoms with Gasteiger partial charge in [0.15, 0.2) is 4.67 Å². The lowest BCUT2D eigenvalue weighted by atomic mass is 10.1. The van der Waals surface area contributed by atoms with Crippen LogP contribution in [0.1, 0.15) is 29.1 Å². The van der Waals surface area contributed by atoms with Crippen molar-refractivity contribution in [2.24, 2.45) is 0 Å². The fourth-order valence-corrected chi connectivity index (χ4v) is 2.22. The highest BCUT2D eigenvalue weighted by Crippen LogP contribution is 2.25. The van der Waals surface area contributed by atoms with Gasteiger partial charge in [0.25, 0.3) is 5.91 Å². The molecule has 1 aromatic heterocycles. The molecule has 0 bridgehead atoms. The van der Waals surface area contributed by atoms with Gasteiger partial charge in [0.2, 0.25) is 0 Å². The van der Waals surface area contributed by atoms with Crippen molar-refractivity contribution in [2.45, 2.75) is 13.0 Å². The quantitative estimate of drug-likeness (QED) is 0.920. The number of hydrogen-bond acceptors (Lipinski definition) is 3.